The van der Waals surface area contributed by atoms with Gasteiger partial charge >= 0.3 is 0 Å². The molecule has 0 radical (unpaired) electrons. The molecule has 5 heteroatoms. The zero-order chi connectivity index (χ0) is 19.2. The van der Waals surface area contributed by atoms with E-state index in [-0.39, 0.29) is 13.1 Å². The van der Waals surface area contributed by atoms with E-state index in [4.69, 9.17) is 18.9 Å². The van der Waals surface area contributed by atoms with Gasteiger partial charge in [0.05, 0.1) is 4.47 Å². The second-order valence-corrected chi connectivity index (χ2v) is 8.03. The summed E-state index contributed by atoms with van der Waals surface area (Å²) < 4.78 is 23.1. The van der Waals surface area contributed by atoms with Gasteiger partial charge in [0.2, 0.25) is 0 Å². The van der Waals surface area contributed by atoms with Crippen LogP contribution in [0.5, 0.6) is 5.75 Å². The summed E-state index contributed by atoms with van der Waals surface area (Å²) in [6, 6.07) is 6.23. The molecular weight excluding hydrogens is 408 g/mol. The molecule has 1 aromatic carbocycles. The maximum absolute atomic E-state index is 5.78. The van der Waals surface area contributed by atoms with Crippen LogP contribution in [0.4, 0.5) is 0 Å². The summed E-state index contributed by atoms with van der Waals surface area (Å²) in [7, 11) is 1.65. The van der Waals surface area contributed by atoms with Gasteiger partial charge < -0.3 is 18.9 Å². The molecule has 0 spiro atoms. The lowest BCUT2D eigenvalue weighted by atomic mass is 10.0. The van der Waals surface area contributed by atoms with Crippen molar-refractivity contribution >= 4 is 15.9 Å². The standard InChI is InChI=1S/C22H35BrO4/c1-24-18-27-22-19(13-11-14-20(22)23)12-7-5-3-2-4-6-9-16-25-21-15-8-10-17-26-21/h11,13-14,21H,2-10,12,15-18H2,1H3. The SMILES string of the molecule is COCOc1c(Br)cccc1CCCCCCCCCOC1CCCCO1. The molecule has 0 amide bonds. The van der Waals surface area contributed by atoms with Crippen LogP contribution < -0.4 is 4.74 Å². The number of para-hydroxylation sites is 1. The Balaban J connectivity index is 1.47. The van der Waals surface area contributed by atoms with Crippen LogP contribution in [0.15, 0.2) is 22.7 Å². The van der Waals surface area contributed by atoms with Crippen molar-refractivity contribution in [1.82, 2.24) is 0 Å². The molecule has 0 aliphatic carbocycles. The second kappa shape index (κ2) is 14.4. The Labute approximate surface area is 173 Å². The topological polar surface area (TPSA) is 36.9 Å². The molecule has 0 aromatic heterocycles. The smallest absolute Gasteiger partial charge is 0.188 e. The Morgan fingerprint density at radius 3 is 2.56 bits per heavy atom. The lowest BCUT2D eigenvalue weighted by Crippen LogP contribution is -2.22. The van der Waals surface area contributed by atoms with Crippen molar-refractivity contribution in [3.05, 3.63) is 28.2 Å². The lowest BCUT2D eigenvalue weighted by Gasteiger charge is -2.22. The maximum atomic E-state index is 5.78. The molecule has 1 atom stereocenters. The third-order valence-electron chi connectivity index (χ3n) is 4.90. The minimum atomic E-state index is 0.0644. The fraction of sp³-hybridized carbons (Fsp3) is 0.727. The third-order valence-corrected chi connectivity index (χ3v) is 5.53. The zero-order valence-corrected chi connectivity index (χ0v) is 18.3. The van der Waals surface area contributed by atoms with Crippen molar-refractivity contribution in [2.75, 3.05) is 27.1 Å². The molecule has 2 rings (SSSR count). The first-order valence-corrected chi connectivity index (χ1v) is 11.2. The molecule has 0 saturated carbocycles. The first-order valence-electron chi connectivity index (χ1n) is 10.4. The Morgan fingerprint density at radius 1 is 1.04 bits per heavy atom. The van der Waals surface area contributed by atoms with E-state index >= 15 is 0 Å². The Kier molecular flexibility index (Phi) is 12.1. The molecule has 1 aliphatic heterocycles. The summed E-state index contributed by atoms with van der Waals surface area (Å²) in [6.45, 7) is 1.99. The number of hydrogen-bond acceptors (Lipinski definition) is 4. The minimum Gasteiger partial charge on any atom is -0.466 e. The molecule has 1 aliphatic rings. The molecule has 4 nitrogen and oxygen atoms in total. The van der Waals surface area contributed by atoms with Gasteiger partial charge in [0.15, 0.2) is 13.1 Å². The summed E-state index contributed by atoms with van der Waals surface area (Å²) >= 11 is 3.57. The summed E-state index contributed by atoms with van der Waals surface area (Å²) in [6.07, 6.45) is 13.4. The van der Waals surface area contributed by atoms with Gasteiger partial charge in [-0.1, -0.05) is 44.2 Å². The number of rotatable bonds is 14. The quantitative estimate of drug-likeness (QED) is 0.252. The van der Waals surface area contributed by atoms with Gasteiger partial charge in [-0.25, -0.2) is 0 Å². The van der Waals surface area contributed by atoms with E-state index < -0.39 is 0 Å². The van der Waals surface area contributed by atoms with Crippen LogP contribution in [0.3, 0.4) is 0 Å². The highest BCUT2D eigenvalue weighted by Crippen LogP contribution is 2.30. The zero-order valence-electron chi connectivity index (χ0n) is 16.7. The van der Waals surface area contributed by atoms with Crippen molar-refractivity contribution < 1.29 is 18.9 Å². The van der Waals surface area contributed by atoms with Gasteiger partial charge in [-0.15, -0.1) is 0 Å². The molecule has 27 heavy (non-hydrogen) atoms. The van der Waals surface area contributed by atoms with E-state index in [1.165, 1.54) is 56.9 Å². The van der Waals surface area contributed by atoms with Crippen molar-refractivity contribution in [1.29, 1.82) is 0 Å². The maximum Gasteiger partial charge on any atom is 0.188 e. The summed E-state index contributed by atoms with van der Waals surface area (Å²) in [5, 5.41) is 0. The van der Waals surface area contributed by atoms with Crippen LogP contribution in [-0.4, -0.2) is 33.4 Å². The number of benzene rings is 1. The molecule has 0 N–H and O–H groups in total. The molecule has 1 aromatic rings. The van der Waals surface area contributed by atoms with Crippen molar-refractivity contribution in [3.8, 4) is 5.75 Å². The van der Waals surface area contributed by atoms with Crippen molar-refractivity contribution in [2.24, 2.45) is 0 Å². The average molecular weight is 443 g/mol. The molecule has 1 heterocycles. The van der Waals surface area contributed by atoms with Crippen LogP contribution in [0, 0.1) is 0 Å². The summed E-state index contributed by atoms with van der Waals surface area (Å²) in [4.78, 5) is 0. The van der Waals surface area contributed by atoms with Gasteiger partial charge in [-0.2, -0.15) is 0 Å². The molecule has 1 fully saturated rings. The first kappa shape index (κ1) is 22.7. The van der Waals surface area contributed by atoms with E-state index in [9.17, 15) is 0 Å². The van der Waals surface area contributed by atoms with Crippen molar-refractivity contribution in [2.45, 2.75) is 76.9 Å². The van der Waals surface area contributed by atoms with Crippen LogP contribution in [-0.2, 0) is 20.6 Å². The van der Waals surface area contributed by atoms with Crippen LogP contribution in [0.2, 0.25) is 0 Å². The number of unbranched alkanes of at least 4 members (excludes halogenated alkanes) is 6. The average Bonchev–Trinajstić information content (AvgIpc) is 2.69. The van der Waals surface area contributed by atoms with E-state index in [0.29, 0.717) is 0 Å². The predicted molar refractivity (Wildman–Crippen MR) is 112 cm³/mol. The highest BCUT2D eigenvalue weighted by atomic mass is 79.9. The normalized spacial score (nSPS) is 17.2. The molecule has 1 saturated heterocycles. The molecule has 154 valence electrons. The van der Waals surface area contributed by atoms with Gasteiger partial charge in [-0.3, -0.25) is 0 Å². The Morgan fingerprint density at radius 2 is 1.81 bits per heavy atom. The lowest BCUT2D eigenvalue weighted by molar-refractivity contribution is -0.162. The highest BCUT2D eigenvalue weighted by molar-refractivity contribution is 9.10. The largest absolute Gasteiger partial charge is 0.466 e. The van der Waals surface area contributed by atoms with Crippen LogP contribution >= 0.6 is 15.9 Å². The monoisotopic (exact) mass is 442 g/mol. The number of halogens is 1. The van der Waals surface area contributed by atoms with E-state index in [1.807, 2.05) is 6.07 Å². The number of methoxy groups -OCH3 is 1. The summed E-state index contributed by atoms with van der Waals surface area (Å²) in [5.74, 6) is 0.918. The Bertz CT molecular complexity index is 503. The van der Waals surface area contributed by atoms with Gasteiger partial charge in [-0.05, 0) is 66.1 Å². The van der Waals surface area contributed by atoms with E-state index in [0.717, 1.165) is 42.7 Å². The molecule has 0 bridgehead atoms. The first-order chi connectivity index (χ1) is 13.3. The Hall–Kier alpha value is -0.620. The molecular formula is C22H35BrO4. The number of ether oxygens (including phenoxy) is 4. The van der Waals surface area contributed by atoms with E-state index in [1.54, 1.807) is 7.11 Å². The predicted octanol–water partition coefficient (Wildman–Crippen LogP) is 6.25. The highest BCUT2D eigenvalue weighted by Gasteiger charge is 2.13. The van der Waals surface area contributed by atoms with Gasteiger partial charge in [0, 0.05) is 20.3 Å². The third kappa shape index (κ3) is 9.42. The van der Waals surface area contributed by atoms with Crippen molar-refractivity contribution in [3.63, 3.8) is 0 Å². The fourth-order valence-electron chi connectivity index (χ4n) is 3.39. The van der Waals surface area contributed by atoms with Gasteiger partial charge in [0.25, 0.3) is 0 Å². The van der Waals surface area contributed by atoms with Crippen LogP contribution in [0.25, 0.3) is 0 Å². The fourth-order valence-corrected chi connectivity index (χ4v) is 3.91. The minimum absolute atomic E-state index is 0.0644. The second-order valence-electron chi connectivity index (χ2n) is 7.17. The summed E-state index contributed by atoms with van der Waals surface area (Å²) in [5.41, 5.74) is 1.25. The van der Waals surface area contributed by atoms with Crippen LogP contribution in [0.1, 0.15) is 69.8 Å². The molecule has 1 unspecified atom stereocenters. The van der Waals surface area contributed by atoms with Gasteiger partial charge in [0.1, 0.15) is 5.75 Å². The van der Waals surface area contributed by atoms with E-state index in [2.05, 4.69) is 28.1 Å². The number of hydrogen-bond donors (Lipinski definition) is 0. The number of aryl methyl sites for hydroxylation is 1.